The highest BCUT2D eigenvalue weighted by Gasteiger charge is 2.17. The minimum atomic E-state index is -0.318. The predicted molar refractivity (Wildman–Crippen MR) is 124 cm³/mol. The van der Waals surface area contributed by atoms with Gasteiger partial charge in [-0.2, -0.15) is 5.26 Å². The SMILES string of the molecule is C/C(=N/OCc1ccc(C#N)cc1)c1cc(-c2ccc(F)cc2)n(-c2ccc(F)cc2)c1C. The number of hydrogen-bond acceptors (Lipinski definition) is 3. The van der Waals surface area contributed by atoms with Crippen LogP contribution in [0.3, 0.4) is 0 Å². The molecule has 0 saturated carbocycles. The average molecular weight is 441 g/mol. The Hall–Kier alpha value is -4.24. The van der Waals surface area contributed by atoms with Crippen molar-refractivity contribution in [3.63, 3.8) is 0 Å². The summed E-state index contributed by atoms with van der Waals surface area (Å²) in [7, 11) is 0. The van der Waals surface area contributed by atoms with E-state index in [0.29, 0.717) is 11.3 Å². The molecule has 1 aromatic heterocycles. The van der Waals surface area contributed by atoms with Crippen molar-refractivity contribution in [1.82, 2.24) is 4.57 Å². The molecule has 0 atom stereocenters. The van der Waals surface area contributed by atoms with Crippen molar-refractivity contribution in [2.24, 2.45) is 5.16 Å². The number of hydrogen-bond donors (Lipinski definition) is 0. The van der Waals surface area contributed by atoms with Crippen molar-refractivity contribution in [3.05, 3.63) is 113 Å². The van der Waals surface area contributed by atoms with Gasteiger partial charge in [-0.25, -0.2) is 8.78 Å². The Bertz CT molecular complexity index is 1330. The maximum absolute atomic E-state index is 13.5. The van der Waals surface area contributed by atoms with Gasteiger partial charge in [-0.3, -0.25) is 0 Å². The first kappa shape index (κ1) is 22.0. The Labute approximate surface area is 191 Å². The molecule has 3 aromatic carbocycles. The van der Waals surface area contributed by atoms with Crippen molar-refractivity contribution < 1.29 is 13.6 Å². The lowest BCUT2D eigenvalue weighted by Gasteiger charge is -2.12. The first-order valence-corrected chi connectivity index (χ1v) is 10.4. The monoisotopic (exact) mass is 441 g/mol. The largest absolute Gasteiger partial charge is 0.391 e. The lowest BCUT2D eigenvalue weighted by Crippen LogP contribution is -2.02. The fourth-order valence-electron chi connectivity index (χ4n) is 3.66. The molecule has 0 unspecified atom stereocenters. The van der Waals surface area contributed by atoms with Crippen LogP contribution < -0.4 is 0 Å². The third kappa shape index (κ3) is 4.83. The number of nitriles is 1. The summed E-state index contributed by atoms with van der Waals surface area (Å²) in [6.07, 6.45) is 0. The third-order valence-electron chi connectivity index (χ3n) is 5.38. The van der Waals surface area contributed by atoms with Gasteiger partial charge in [0, 0.05) is 16.9 Å². The van der Waals surface area contributed by atoms with Gasteiger partial charge >= 0.3 is 0 Å². The summed E-state index contributed by atoms with van der Waals surface area (Å²) in [5, 5.41) is 13.2. The molecule has 164 valence electrons. The number of halogens is 2. The number of nitrogens with zero attached hydrogens (tertiary/aromatic N) is 3. The van der Waals surface area contributed by atoms with Crippen LogP contribution in [0.1, 0.15) is 29.3 Å². The Morgan fingerprint density at radius 1 is 0.939 bits per heavy atom. The van der Waals surface area contributed by atoms with Crippen LogP contribution in [0, 0.1) is 29.9 Å². The molecule has 0 amide bonds. The molecule has 0 aliphatic heterocycles. The molecule has 0 fully saturated rings. The van der Waals surface area contributed by atoms with Crippen molar-refractivity contribution in [2.75, 3.05) is 0 Å². The Balaban J connectivity index is 1.68. The highest BCUT2D eigenvalue weighted by Crippen LogP contribution is 2.30. The van der Waals surface area contributed by atoms with Gasteiger partial charge in [-0.15, -0.1) is 0 Å². The van der Waals surface area contributed by atoms with Gasteiger partial charge in [-0.05, 0) is 91.7 Å². The smallest absolute Gasteiger partial charge is 0.142 e. The van der Waals surface area contributed by atoms with Crippen LogP contribution in [0.25, 0.3) is 16.9 Å². The maximum atomic E-state index is 13.5. The molecule has 0 aliphatic carbocycles. The zero-order chi connectivity index (χ0) is 23.4. The summed E-state index contributed by atoms with van der Waals surface area (Å²) in [5.41, 5.74) is 6.35. The molecule has 0 radical (unpaired) electrons. The molecule has 4 rings (SSSR count). The summed E-state index contributed by atoms with van der Waals surface area (Å²) < 4.78 is 29.0. The van der Waals surface area contributed by atoms with Gasteiger partial charge < -0.3 is 9.40 Å². The summed E-state index contributed by atoms with van der Waals surface area (Å²) in [4.78, 5) is 5.55. The van der Waals surface area contributed by atoms with Crippen LogP contribution in [0.5, 0.6) is 0 Å². The van der Waals surface area contributed by atoms with Crippen LogP contribution in [0.2, 0.25) is 0 Å². The minimum Gasteiger partial charge on any atom is -0.391 e. The Morgan fingerprint density at radius 2 is 1.55 bits per heavy atom. The summed E-state index contributed by atoms with van der Waals surface area (Å²) >= 11 is 0. The zero-order valence-corrected chi connectivity index (χ0v) is 18.2. The van der Waals surface area contributed by atoms with Gasteiger partial charge in [0.05, 0.1) is 23.0 Å². The Kier molecular flexibility index (Phi) is 6.32. The third-order valence-corrected chi connectivity index (χ3v) is 5.38. The van der Waals surface area contributed by atoms with Gasteiger partial charge in [0.1, 0.15) is 18.2 Å². The van der Waals surface area contributed by atoms with Gasteiger partial charge in [-0.1, -0.05) is 17.3 Å². The summed E-state index contributed by atoms with van der Waals surface area (Å²) in [6.45, 7) is 4.07. The first-order chi connectivity index (χ1) is 16.0. The lowest BCUT2D eigenvalue weighted by molar-refractivity contribution is 0.130. The van der Waals surface area contributed by atoms with Crippen LogP contribution in [-0.4, -0.2) is 10.3 Å². The van der Waals surface area contributed by atoms with E-state index in [2.05, 4.69) is 11.2 Å². The highest BCUT2D eigenvalue weighted by molar-refractivity contribution is 6.01. The van der Waals surface area contributed by atoms with Crippen molar-refractivity contribution in [1.29, 1.82) is 5.26 Å². The van der Waals surface area contributed by atoms with Crippen molar-refractivity contribution in [2.45, 2.75) is 20.5 Å². The average Bonchev–Trinajstić information content (AvgIpc) is 3.17. The number of oxime groups is 1. The molecule has 0 N–H and O–H groups in total. The van der Waals surface area contributed by atoms with Gasteiger partial charge in [0.15, 0.2) is 0 Å². The van der Waals surface area contributed by atoms with Crippen LogP contribution in [0.15, 0.2) is 84.0 Å². The standard InChI is InChI=1S/C27H21F2N3O/c1-18(31-33-17-21-5-3-20(16-30)4-6-21)26-15-27(22-7-9-23(28)10-8-22)32(19(26)2)25-13-11-24(29)12-14-25/h3-15H,17H2,1-2H3/b31-18-. The van der Waals surface area contributed by atoms with E-state index in [1.165, 1.54) is 24.3 Å². The number of rotatable bonds is 6. The van der Waals surface area contributed by atoms with E-state index < -0.39 is 0 Å². The second-order valence-electron chi connectivity index (χ2n) is 7.61. The van der Waals surface area contributed by atoms with Crippen molar-refractivity contribution in [3.8, 4) is 23.0 Å². The van der Waals surface area contributed by atoms with E-state index in [4.69, 9.17) is 10.1 Å². The maximum Gasteiger partial charge on any atom is 0.142 e. The number of aromatic nitrogens is 1. The van der Waals surface area contributed by atoms with Crippen LogP contribution in [-0.2, 0) is 11.4 Å². The molecule has 0 aliphatic rings. The quantitative estimate of drug-likeness (QED) is 0.252. The topological polar surface area (TPSA) is 50.3 Å². The Morgan fingerprint density at radius 3 is 2.15 bits per heavy atom. The molecule has 0 bridgehead atoms. The fraction of sp³-hybridized carbons (Fsp3) is 0.111. The second-order valence-corrected chi connectivity index (χ2v) is 7.61. The molecule has 4 aromatic rings. The first-order valence-electron chi connectivity index (χ1n) is 10.4. The van der Waals surface area contributed by atoms with Gasteiger partial charge in [0.2, 0.25) is 0 Å². The lowest BCUT2D eigenvalue weighted by atomic mass is 10.1. The molecule has 1 heterocycles. The van der Waals surface area contributed by atoms with Crippen LogP contribution >= 0.6 is 0 Å². The number of benzene rings is 3. The summed E-state index contributed by atoms with van der Waals surface area (Å²) in [6, 6.07) is 23.6. The van der Waals surface area contributed by atoms with E-state index >= 15 is 0 Å². The van der Waals surface area contributed by atoms with E-state index in [1.807, 2.05) is 36.6 Å². The van der Waals surface area contributed by atoms with E-state index in [1.54, 1.807) is 36.4 Å². The van der Waals surface area contributed by atoms with E-state index in [-0.39, 0.29) is 18.2 Å². The fourth-order valence-corrected chi connectivity index (χ4v) is 3.66. The summed E-state index contributed by atoms with van der Waals surface area (Å²) in [5.74, 6) is -0.634. The predicted octanol–water partition coefficient (Wildman–Crippen LogP) is 6.54. The molecule has 6 heteroatoms. The van der Waals surface area contributed by atoms with E-state index in [0.717, 1.165) is 33.8 Å². The molecule has 33 heavy (non-hydrogen) atoms. The molecule has 0 spiro atoms. The normalized spacial score (nSPS) is 11.3. The molecule has 4 nitrogen and oxygen atoms in total. The van der Waals surface area contributed by atoms with Gasteiger partial charge in [0.25, 0.3) is 0 Å². The minimum absolute atomic E-state index is 0.269. The highest BCUT2D eigenvalue weighted by atomic mass is 19.1. The zero-order valence-electron chi connectivity index (χ0n) is 18.2. The molecule has 0 saturated heterocycles. The molecular weight excluding hydrogens is 420 g/mol. The second kappa shape index (κ2) is 9.49. The van der Waals surface area contributed by atoms with Crippen molar-refractivity contribution >= 4 is 5.71 Å². The van der Waals surface area contributed by atoms with E-state index in [9.17, 15) is 8.78 Å². The molecular formula is C27H21F2N3O. The van der Waals surface area contributed by atoms with Crippen LogP contribution in [0.4, 0.5) is 8.78 Å².